The van der Waals surface area contributed by atoms with Crippen molar-refractivity contribution in [2.24, 2.45) is 5.73 Å². The number of benzene rings is 1. The largest absolute Gasteiger partial charge is 0.347 e. The normalized spacial score (nSPS) is 12.1. The smallest absolute Gasteiger partial charge is 0.239 e. The number of nitrogens with two attached hydrogens (primary N) is 1. The molecule has 0 saturated carbocycles. The van der Waals surface area contributed by atoms with Crippen molar-refractivity contribution in [2.75, 3.05) is 7.05 Å². The Labute approximate surface area is 118 Å². The fourth-order valence-electron chi connectivity index (χ4n) is 2.06. The summed E-state index contributed by atoms with van der Waals surface area (Å²) >= 11 is 0. The minimum Gasteiger partial charge on any atom is -0.347 e. The average molecular weight is 272 g/mol. The first-order valence-corrected chi connectivity index (χ1v) is 6.69. The first-order valence-electron chi connectivity index (χ1n) is 6.69. The molecule has 3 N–H and O–H groups in total. The highest BCUT2D eigenvalue weighted by molar-refractivity contribution is 5.81. The van der Waals surface area contributed by atoms with Gasteiger partial charge in [0.05, 0.1) is 12.6 Å². The van der Waals surface area contributed by atoms with Gasteiger partial charge in [-0.1, -0.05) is 30.3 Å². The third kappa shape index (κ3) is 3.93. The van der Waals surface area contributed by atoms with Crippen LogP contribution in [0.4, 0.5) is 0 Å². The van der Waals surface area contributed by atoms with Gasteiger partial charge in [-0.3, -0.25) is 4.79 Å². The summed E-state index contributed by atoms with van der Waals surface area (Å²) in [5, 5.41) is 0. The van der Waals surface area contributed by atoms with Gasteiger partial charge in [-0.25, -0.2) is 4.98 Å². The highest BCUT2D eigenvalue weighted by atomic mass is 16.2. The lowest BCUT2D eigenvalue weighted by Crippen LogP contribution is -2.41. The SMILES string of the molecule is CN(Cc1ncc[nH]1)C(=O)C(N)CCc1ccccc1. The van der Waals surface area contributed by atoms with Crippen LogP contribution in [0.5, 0.6) is 0 Å². The van der Waals surface area contributed by atoms with Crippen molar-refractivity contribution in [3.63, 3.8) is 0 Å². The second-order valence-corrected chi connectivity index (χ2v) is 4.86. The summed E-state index contributed by atoms with van der Waals surface area (Å²) in [6.45, 7) is 0.449. The van der Waals surface area contributed by atoms with Crippen molar-refractivity contribution in [3.05, 3.63) is 54.1 Å². The van der Waals surface area contributed by atoms with Crippen LogP contribution in [-0.2, 0) is 17.8 Å². The Bertz CT molecular complexity index is 524. The molecule has 0 radical (unpaired) electrons. The predicted molar refractivity (Wildman–Crippen MR) is 77.8 cm³/mol. The van der Waals surface area contributed by atoms with Gasteiger partial charge in [-0.2, -0.15) is 0 Å². The molecule has 2 aromatic rings. The highest BCUT2D eigenvalue weighted by Gasteiger charge is 2.18. The van der Waals surface area contributed by atoms with Crippen molar-refractivity contribution in [1.29, 1.82) is 0 Å². The van der Waals surface area contributed by atoms with E-state index in [4.69, 9.17) is 5.73 Å². The van der Waals surface area contributed by atoms with Crippen molar-refractivity contribution >= 4 is 5.91 Å². The number of hydrogen-bond acceptors (Lipinski definition) is 3. The maximum atomic E-state index is 12.1. The van der Waals surface area contributed by atoms with Gasteiger partial charge in [-0.05, 0) is 18.4 Å². The van der Waals surface area contributed by atoms with Gasteiger partial charge in [0.2, 0.25) is 5.91 Å². The number of aromatic nitrogens is 2. The van der Waals surface area contributed by atoms with Gasteiger partial charge in [-0.15, -0.1) is 0 Å². The summed E-state index contributed by atoms with van der Waals surface area (Å²) in [6, 6.07) is 9.58. The fraction of sp³-hybridized carbons (Fsp3) is 0.333. The Morgan fingerprint density at radius 1 is 1.40 bits per heavy atom. The molecule has 20 heavy (non-hydrogen) atoms. The lowest BCUT2D eigenvalue weighted by molar-refractivity contribution is -0.132. The molecule has 0 aliphatic heterocycles. The van der Waals surface area contributed by atoms with E-state index in [2.05, 4.69) is 9.97 Å². The van der Waals surface area contributed by atoms with E-state index in [0.717, 1.165) is 12.2 Å². The first kappa shape index (κ1) is 14.3. The van der Waals surface area contributed by atoms with Crippen LogP contribution in [-0.4, -0.2) is 33.9 Å². The van der Waals surface area contributed by atoms with Gasteiger partial charge < -0.3 is 15.6 Å². The number of H-pyrrole nitrogens is 1. The minimum atomic E-state index is -0.477. The van der Waals surface area contributed by atoms with E-state index >= 15 is 0 Å². The van der Waals surface area contributed by atoms with E-state index in [1.54, 1.807) is 24.3 Å². The Kier molecular flexibility index (Phi) is 4.90. The monoisotopic (exact) mass is 272 g/mol. The Balaban J connectivity index is 1.82. The molecule has 0 aliphatic carbocycles. The van der Waals surface area contributed by atoms with Gasteiger partial charge in [0.25, 0.3) is 0 Å². The molecule has 106 valence electrons. The maximum absolute atomic E-state index is 12.1. The zero-order chi connectivity index (χ0) is 14.4. The molecule has 1 aromatic carbocycles. The molecule has 0 bridgehead atoms. The van der Waals surface area contributed by atoms with Crippen LogP contribution in [0.2, 0.25) is 0 Å². The van der Waals surface area contributed by atoms with E-state index in [9.17, 15) is 4.79 Å². The van der Waals surface area contributed by atoms with Crippen molar-refractivity contribution in [2.45, 2.75) is 25.4 Å². The molecule has 1 amide bonds. The summed E-state index contributed by atoms with van der Waals surface area (Å²) in [6.07, 6.45) is 4.86. The molecular weight excluding hydrogens is 252 g/mol. The number of aromatic amines is 1. The van der Waals surface area contributed by atoms with Crippen LogP contribution < -0.4 is 5.73 Å². The topological polar surface area (TPSA) is 75.0 Å². The van der Waals surface area contributed by atoms with Gasteiger partial charge >= 0.3 is 0 Å². The molecule has 1 atom stereocenters. The molecule has 0 saturated heterocycles. The number of imidazole rings is 1. The second kappa shape index (κ2) is 6.86. The third-order valence-corrected chi connectivity index (χ3v) is 3.22. The van der Waals surface area contributed by atoms with Crippen molar-refractivity contribution in [1.82, 2.24) is 14.9 Å². The number of nitrogens with zero attached hydrogens (tertiary/aromatic N) is 2. The number of carbonyl (C=O) groups is 1. The summed E-state index contributed by atoms with van der Waals surface area (Å²) in [5.74, 6) is 0.702. The van der Waals surface area contributed by atoms with Gasteiger partial charge in [0.1, 0.15) is 5.82 Å². The fourth-order valence-corrected chi connectivity index (χ4v) is 2.06. The number of likely N-dealkylation sites (N-methyl/N-ethyl adjacent to an activating group) is 1. The van der Waals surface area contributed by atoms with Crippen LogP contribution in [0.3, 0.4) is 0 Å². The Hall–Kier alpha value is -2.14. The number of amides is 1. The van der Waals surface area contributed by atoms with E-state index < -0.39 is 6.04 Å². The molecular formula is C15H20N4O. The minimum absolute atomic E-state index is 0.0580. The van der Waals surface area contributed by atoms with Crippen molar-refractivity contribution in [3.8, 4) is 0 Å². The molecule has 5 nitrogen and oxygen atoms in total. The molecule has 1 unspecified atom stereocenters. The van der Waals surface area contributed by atoms with Crippen molar-refractivity contribution < 1.29 is 4.79 Å². The summed E-state index contributed by atoms with van der Waals surface area (Å²) in [4.78, 5) is 20.8. The Morgan fingerprint density at radius 3 is 2.80 bits per heavy atom. The van der Waals surface area contributed by atoms with Gasteiger partial charge in [0.15, 0.2) is 0 Å². The number of hydrogen-bond donors (Lipinski definition) is 2. The standard InChI is InChI=1S/C15H20N4O/c1-19(11-14-17-9-10-18-14)15(20)13(16)8-7-12-5-3-2-4-6-12/h2-6,9-10,13H,7-8,11,16H2,1H3,(H,17,18). The zero-order valence-corrected chi connectivity index (χ0v) is 11.6. The van der Waals surface area contributed by atoms with E-state index in [1.165, 1.54) is 5.56 Å². The first-order chi connectivity index (χ1) is 9.66. The Morgan fingerprint density at radius 2 is 2.15 bits per heavy atom. The average Bonchev–Trinajstić information content (AvgIpc) is 2.98. The molecule has 1 heterocycles. The lowest BCUT2D eigenvalue weighted by Gasteiger charge is -2.20. The summed E-state index contributed by atoms with van der Waals surface area (Å²) in [7, 11) is 1.74. The molecule has 1 aromatic heterocycles. The van der Waals surface area contributed by atoms with Crippen LogP contribution in [0.25, 0.3) is 0 Å². The van der Waals surface area contributed by atoms with E-state index in [0.29, 0.717) is 13.0 Å². The summed E-state index contributed by atoms with van der Waals surface area (Å²) in [5.41, 5.74) is 7.17. The van der Waals surface area contributed by atoms with Crippen LogP contribution in [0.1, 0.15) is 17.8 Å². The quantitative estimate of drug-likeness (QED) is 0.833. The third-order valence-electron chi connectivity index (χ3n) is 3.22. The molecule has 0 spiro atoms. The van der Waals surface area contributed by atoms with Gasteiger partial charge in [0, 0.05) is 19.4 Å². The second-order valence-electron chi connectivity index (χ2n) is 4.86. The molecule has 5 heteroatoms. The lowest BCUT2D eigenvalue weighted by atomic mass is 10.1. The van der Waals surface area contributed by atoms with Crippen LogP contribution >= 0.6 is 0 Å². The molecule has 0 fully saturated rings. The molecule has 2 rings (SSSR count). The zero-order valence-electron chi connectivity index (χ0n) is 11.6. The highest BCUT2D eigenvalue weighted by Crippen LogP contribution is 2.06. The predicted octanol–water partition coefficient (Wildman–Crippen LogP) is 1.33. The van der Waals surface area contributed by atoms with E-state index in [-0.39, 0.29) is 5.91 Å². The molecule has 0 aliphatic rings. The number of nitrogens with one attached hydrogen (secondary N) is 1. The summed E-state index contributed by atoms with van der Waals surface area (Å²) < 4.78 is 0. The van der Waals surface area contributed by atoms with E-state index in [1.807, 2.05) is 30.3 Å². The van der Waals surface area contributed by atoms with Crippen LogP contribution in [0, 0.1) is 0 Å². The maximum Gasteiger partial charge on any atom is 0.239 e. The van der Waals surface area contributed by atoms with Crippen LogP contribution in [0.15, 0.2) is 42.7 Å². The number of rotatable bonds is 6. The number of aryl methyl sites for hydroxylation is 1. The number of carbonyl (C=O) groups excluding carboxylic acids is 1.